The minimum atomic E-state index is -0.0763. The van der Waals surface area contributed by atoms with E-state index >= 15 is 0 Å². The Morgan fingerprint density at radius 3 is 2.61 bits per heavy atom. The molecule has 0 saturated carbocycles. The van der Waals surface area contributed by atoms with Crippen LogP contribution in [-0.2, 0) is 6.42 Å². The molecule has 0 aliphatic carbocycles. The molecule has 1 atom stereocenters. The first kappa shape index (κ1) is 17.1. The van der Waals surface area contributed by atoms with Gasteiger partial charge in [-0.2, -0.15) is 0 Å². The lowest BCUT2D eigenvalue weighted by Crippen LogP contribution is -2.34. The maximum Gasteiger partial charge on any atom is 0.160 e. The monoisotopic (exact) mass is 318 g/mol. The van der Waals surface area contributed by atoms with Crippen LogP contribution in [-0.4, -0.2) is 72.0 Å². The molecule has 0 radical (unpaired) electrons. The van der Waals surface area contributed by atoms with Crippen LogP contribution in [0, 0.1) is 0 Å². The molecule has 126 valence electrons. The lowest BCUT2D eigenvalue weighted by molar-refractivity contribution is 0.396. The van der Waals surface area contributed by atoms with Crippen LogP contribution in [0.4, 0.5) is 0 Å². The normalized spacial score (nSPS) is 18.0. The third kappa shape index (κ3) is 4.37. The van der Waals surface area contributed by atoms with E-state index in [-0.39, 0.29) is 17.5 Å². The van der Waals surface area contributed by atoms with Gasteiger partial charge in [-0.15, -0.1) is 0 Å². The molecule has 1 aliphatic rings. The Morgan fingerprint density at radius 1 is 1.17 bits per heavy atom. The van der Waals surface area contributed by atoms with E-state index in [0.717, 1.165) is 17.2 Å². The van der Waals surface area contributed by atoms with Crippen molar-refractivity contribution in [1.29, 1.82) is 0 Å². The van der Waals surface area contributed by atoms with Gasteiger partial charge in [-0.1, -0.05) is 12.1 Å². The molecule has 1 aromatic rings. The number of likely N-dealkylation sites (N-methyl/N-ethyl adjacent to an activating group) is 1. The van der Waals surface area contributed by atoms with E-state index < -0.39 is 0 Å². The number of aromatic hydroxyl groups is 2. The van der Waals surface area contributed by atoms with Crippen molar-refractivity contribution in [3.8, 4) is 11.5 Å². The van der Waals surface area contributed by atoms with Gasteiger partial charge in [0.2, 0.25) is 0 Å². The molecular formula is C17H26N4O2. The van der Waals surface area contributed by atoms with Gasteiger partial charge in [0.15, 0.2) is 11.5 Å². The maximum atomic E-state index is 9.90. The van der Waals surface area contributed by atoms with Crippen LogP contribution >= 0.6 is 0 Å². The molecule has 1 aliphatic heterocycles. The Balaban J connectivity index is 2.06. The fourth-order valence-corrected chi connectivity index (χ4v) is 2.51. The highest BCUT2D eigenvalue weighted by atomic mass is 16.3. The molecule has 6 heteroatoms. The molecule has 1 heterocycles. The number of benzene rings is 1. The minimum Gasteiger partial charge on any atom is -0.504 e. The van der Waals surface area contributed by atoms with Crippen molar-refractivity contribution < 1.29 is 10.2 Å². The number of phenols is 2. The summed E-state index contributed by atoms with van der Waals surface area (Å²) in [5.41, 5.74) is 0.737. The number of amidine groups is 2. The van der Waals surface area contributed by atoms with Crippen LogP contribution in [0.3, 0.4) is 0 Å². The molecule has 23 heavy (non-hydrogen) atoms. The molecule has 1 unspecified atom stereocenters. The van der Waals surface area contributed by atoms with Gasteiger partial charge in [-0.25, -0.2) is 0 Å². The van der Waals surface area contributed by atoms with E-state index in [1.54, 1.807) is 6.07 Å². The highest BCUT2D eigenvalue weighted by Crippen LogP contribution is 2.28. The zero-order chi connectivity index (χ0) is 17.0. The summed E-state index contributed by atoms with van der Waals surface area (Å²) in [6, 6.07) is 5.22. The number of phenolic OH excluding ortho intramolecular Hbond substituents is 2. The largest absolute Gasteiger partial charge is 0.504 e. The highest BCUT2D eigenvalue weighted by molar-refractivity contribution is 6.02. The predicted molar refractivity (Wildman–Crippen MR) is 93.6 cm³/mol. The van der Waals surface area contributed by atoms with Crippen LogP contribution in [0.5, 0.6) is 11.5 Å². The lowest BCUT2D eigenvalue weighted by Gasteiger charge is -2.23. The Kier molecular flexibility index (Phi) is 5.47. The molecule has 0 amide bonds. The molecule has 0 saturated heterocycles. The van der Waals surface area contributed by atoms with Crippen molar-refractivity contribution in [1.82, 2.24) is 9.80 Å². The second-order valence-electron chi connectivity index (χ2n) is 6.18. The summed E-state index contributed by atoms with van der Waals surface area (Å²) in [6.45, 7) is 3.48. The van der Waals surface area contributed by atoms with Crippen molar-refractivity contribution in [3.05, 3.63) is 23.8 Å². The van der Waals surface area contributed by atoms with E-state index in [4.69, 9.17) is 4.99 Å². The number of rotatable bonds is 3. The van der Waals surface area contributed by atoms with Crippen LogP contribution in [0.2, 0.25) is 0 Å². The number of hydrogen-bond donors (Lipinski definition) is 2. The second kappa shape index (κ2) is 7.35. The van der Waals surface area contributed by atoms with Crippen LogP contribution in [0.15, 0.2) is 28.2 Å². The molecule has 0 bridgehead atoms. The third-order valence-corrected chi connectivity index (χ3v) is 4.00. The molecule has 2 rings (SSSR count). The van der Waals surface area contributed by atoms with E-state index in [1.807, 2.05) is 32.1 Å². The second-order valence-corrected chi connectivity index (χ2v) is 6.18. The van der Waals surface area contributed by atoms with Crippen molar-refractivity contribution in [2.75, 3.05) is 34.2 Å². The number of para-hydroxylation sites is 1. The topological polar surface area (TPSA) is 71.7 Å². The number of aliphatic imine (C=N–C) groups is 2. The average Bonchev–Trinajstić information content (AvgIpc) is 2.70. The minimum absolute atomic E-state index is 0.0346. The molecule has 2 N–H and O–H groups in total. The molecule has 0 aromatic heterocycles. The van der Waals surface area contributed by atoms with E-state index in [2.05, 4.69) is 16.8 Å². The quantitative estimate of drug-likeness (QED) is 0.833. The smallest absolute Gasteiger partial charge is 0.160 e. The maximum absolute atomic E-state index is 9.90. The van der Waals surface area contributed by atoms with Gasteiger partial charge in [0.05, 0.1) is 19.0 Å². The fourth-order valence-electron chi connectivity index (χ4n) is 2.51. The van der Waals surface area contributed by atoms with Crippen molar-refractivity contribution in [2.45, 2.75) is 25.8 Å². The van der Waals surface area contributed by atoms with Gasteiger partial charge in [-0.05, 0) is 25.0 Å². The van der Waals surface area contributed by atoms with E-state index in [1.165, 1.54) is 6.07 Å². The summed E-state index contributed by atoms with van der Waals surface area (Å²) < 4.78 is 0. The van der Waals surface area contributed by atoms with Gasteiger partial charge < -0.3 is 20.0 Å². The molecular weight excluding hydrogens is 292 g/mol. The van der Waals surface area contributed by atoms with Crippen molar-refractivity contribution in [3.63, 3.8) is 0 Å². The average molecular weight is 318 g/mol. The highest BCUT2D eigenvalue weighted by Gasteiger charge is 2.17. The Bertz CT molecular complexity index is 611. The lowest BCUT2D eigenvalue weighted by atomic mass is 10.1. The van der Waals surface area contributed by atoms with Gasteiger partial charge >= 0.3 is 0 Å². The standard InChI is InChI=1S/C17H26N4O2/c1-12-11-18-15(20(2)3)10-16(19-12)21(4)9-8-13-6-5-7-14(22)17(13)23/h5-7,12,22-23H,8-11H2,1-4H3. The fraction of sp³-hybridized carbons (Fsp3) is 0.529. The summed E-state index contributed by atoms with van der Waals surface area (Å²) in [7, 11) is 6.00. The first-order chi connectivity index (χ1) is 10.9. The van der Waals surface area contributed by atoms with Crippen LogP contribution < -0.4 is 0 Å². The van der Waals surface area contributed by atoms with Gasteiger partial charge in [0.25, 0.3) is 0 Å². The number of nitrogens with zero attached hydrogens (tertiary/aromatic N) is 4. The first-order valence-electron chi connectivity index (χ1n) is 7.86. The summed E-state index contributed by atoms with van der Waals surface area (Å²) in [4.78, 5) is 13.5. The Labute approximate surface area is 137 Å². The van der Waals surface area contributed by atoms with Gasteiger partial charge in [0, 0.05) is 27.7 Å². The first-order valence-corrected chi connectivity index (χ1v) is 7.86. The zero-order valence-electron chi connectivity index (χ0n) is 14.3. The third-order valence-electron chi connectivity index (χ3n) is 4.00. The zero-order valence-corrected chi connectivity index (χ0v) is 14.3. The van der Waals surface area contributed by atoms with Crippen LogP contribution in [0.1, 0.15) is 18.9 Å². The van der Waals surface area contributed by atoms with Crippen LogP contribution in [0.25, 0.3) is 0 Å². The van der Waals surface area contributed by atoms with Gasteiger partial charge in [-0.3, -0.25) is 9.98 Å². The Hall–Kier alpha value is -2.24. The SMILES string of the molecule is CC1CN=C(N(C)C)CC(N(C)CCc2cccc(O)c2O)=N1. The Morgan fingerprint density at radius 2 is 1.91 bits per heavy atom. The van der Waals surface area contributed by atoms with Crippen molar-refractivity contribution in [2.24, 2.45) is 9.98 Å². The summed E-state index contributed by atoms with van der Waals surface area (Å²) in [5.74, 6) is 1.92. The van der Waals surface area contributed by atoms with Gasteiger partial charge in [0.1, 0.15) is 11.7 Å². The van der Waals surface area contributed by atoms with E-state index in [9.17, 15) is 10.2 Å². The molecule has 6 nitrogen and oxygen atoms in total. The molecule has 0 fully saturated rings. The predicted octanol–water partition coefficient (Wildman–Crippen LogP) is 1.72. The summed E-state index contributed by atoms with van der Waals surface area (Å²) in [6.07, 6.45) is 1.35. The molecule has 0 spiro atoms. The van der Waals surface area contributed by atoms with Crippen molar-refractivity contribution >= 4 is 11.7 Å². The summed E-state index contributed by atoms with van der Waals surface area (Å²) in [5, 5.41) is 19.5. The van der Waals surface area contributed by atoms with E-state index in [0.29, 0.717) is 25.9 Å². The number of hydrogen-bond acceptors (Lipinski definition) is 6. The molecule has 1 aromatic carbocycles. The summed E-state index contributed by atoms with van der Waals surface area (Å²) >= 11 is 0.